The van der Waals surface area contributed by atoms with Gasteiger partial charge in [-0.1, -0.05) is 0 Å². The monoisotopic (exact) mass is 331 g/mol. The summed E-state index contributed by atoms with van der Waals surface area (Å²) in [5.74, 6) is -1.24. The smallest absolute Gasteiger partial charge is 0.307 e. The molecule has 0 radical (unpaired) electrons. The fraction of sp³-hybridized carbons (Fsp3) is 0.533. The van der Waals surface area contributed by atoms with Crippen molar-refractivity contribution >= 4 is 17.3 Å². The lowest BCUT2D eigenvalue weighted by Gasteiger charge is -2.28. The van der Waals surface area contributed by atoms with Crippen LogP contribution in [-0.2, 0) is 20.9 Å². The second-order valence-electron chi connectivity index (χ2n) is 5.76. The van der Waals surface area contributed by atoms with Gasteiger partial charge in [0.1, 0.15) is 16.3 Å². The highest BCUT2D eigenvalue weighted by atomic mass is 32.2. The molecule has 7 heteroatoms. The van der Waals surface area contributed by atoms with Crippen LogP contribution in [0.15, 0.2) is 18.2 Å². The maximum absolute atomic E-state index is 13.4. The molecule has 2 N–H and O–H groups in total. The molecule has 1 aromatic rings. The van der Waals surface area contributed by atoms with Crippen LogP contribution in [0, 0.1) is 5.82 Å². The van der Waals surface area contributed by atoms with E-state index in [4.69, 9.17) is 4.74 Å². The molecule has 0 aliphatic rings. The van der Waals surface area contributed by atoms with Gasteiger partial charge in [0.05, 0.1) is 19.1 Å². The van der Waals surface area contributed by atoms with E-state index in [1.54, 1.807) is 27.7 Å². The summed E-state index contributed by atoms with van der Waals surface area (Å²) in [4.78, 5) is 11.7. The van der Waals surface area contributed by atoms with Crippen molar-refractivity contribution < 1.29 is 23.6 Å². The second-order valence-corrected chi connectivity index (χ2v) is 7.76. The SMILES string of the molecule is CCOC(=O)C[C@@H](N[S@+]([O-])C(C)(C)C)c1cc(F)ccc1O. The lowest BCUT2D eigenvalue weighted by molar-refractivity contribution is -0.143. The molecule has 0 aliphatic carbocycles. The van der Waals surface area contributed by atoms with Crippen LogP contribution in [0.5, 0.6) is 5.75 Å². The summed E-state index contributed by atoms with van der Waals surface area (Å²) in [6.07, 6.45) is -0.160. The summed E-state index contributed by atoms with van der Waals surface area (Å²) in [5.41, 5.74) is 0.172. The molecule has 0 fully saturated rings. The molecule has 0 aromatic heterocycles. The average molecular weight is 331 g/mol. The van der Waals surface area contributed by atoms with Gasteiger partial charge in [-0.3, -0.25) is 4.79 Å². The molecule has 0 heterocycles. The van der Waals surface area contributed by atoms with Crippen molar-refractivity contribution in [3.05, 3.63) is 29.6 Å². The normalized spacial score (nSPS) is 14.5. The third-order valence-electron chi connectivity index (χ3n) is 2.85. The number of hydrogen-bond acceptors (Lipinski definition) is 5. The van der Waals surface area contributed by atoms with E-state index in [0.717, 1.165) is 12.1 Å². The second kappa shape index (κ2) is 7.80. The van der Waals surface area contributed by atoms with Crippen LogP contribution in [-0.4, -0.2) is 27.0 Å². The predicted octanol–water partition coefficient (Wildman–Crippen LogP) is 2.58. The number of carbonyl (C=O) groups is 1. The number of esters is 1. The number of halogens is 1. The molecular formula is C15H22FNO4S. The van der Waals surface area contributed by atoms with Crippen LogP contribution in [0.2, 0.25) is 0 Å². The van der Waals surface area contributed by atoms with Crippen LogP contribution in [0.3, 0.4) is 0 Å². The van der Waals surface area contributed by atoms with Crippen LogP contribution < -0.4 is 4.72 Å². The zero-order valence-electron chi connectivity index (χ0n) is 13.2. The first-order valence-corrected chi connectivity index (χ1v) is 8.12. The molecule has 2 atom stereocenters. The number of benzene rings is 1. The zero-order valence-corrected chi connectivity index (χ0v) is 14.0. The molecule has 5 nitrogen and oxygen atoms in total. The van der Waals surface area contributed by atoms with Gasteiger partial charge in [0.25, 0.3) is 0 Å². The summed E-state index contributed by atoms with van der Waals surface area (Å²) in [6, 6.07) is 2.62. The first-order chi connectivity index (χ1) is 10.1. The average Bonchev–Trinajstić information content (AvgIpc) is 2.40. The highest BCUT2D eigenvalue weighted by Crippen LogP contribution is 2.29. The van der Waals surface area contributed by atoms with Crippen molar-refractivity contribution in [3.8, 4) is 5.75 Å². The fourth-order valence-corrected chi connectivity index (χ4v) is 2.53. The lowest BCUT2D eigenvalue weighted by Crippen LogP contribution is -2.42. The minimum atomic E-state index is -1.49. The van der Waals surface area contributed by atoms with Gasteiger partial charge in [0, 0.05) is 16.9 Å². The van der Waals surface area contributed by atoms with E-state index in [-0.39, 0.29) is 24.3 Å². The molecule has 0 bridgehead atoms. The fourth-order valence-electron chi connectivity index (χ4n) is 1.71. The topological polar surface area (TPSA) is 81.6 Å². The maximum Gasteiger partial charge on any atom is 0.307 e. The maximum atomic E-state index is 13.4. The highest BCUT2D eigenvalue weighted by Gasteiger charge is 2.32. The summed E-state index contributed by atoms with van der Waals surface area (Å²) in [7, 11) is 0. The number of ether oxygens (including phenoxy) is 1. The first kappa shape index (κ1) is 18.7. The minimum absolute atomic E-state index is 0.160. The Morgan fingerprint density at radius 3 is 2.68 bits per heavy atom. The molecule has 0 saturated heterocycles. The van der Waals surface area contributed by atoms with E-state index >= 15 is 0 Å². The van der Waals surface area contributed by atoms with Crippen LogP contribution in [0.4, 0.5) is 4.39 Å². The quantitative estimate of drug-likeness (QED) is 0.618. The Balaban J connectivity index is 3.05. The van der Waals surface area contributed by atoms with Crippen LogP contribution in [0.1, 0.15) is 45.7 Å². The van der Waals surface area contributed by atoms with Gasteiger partial charge in [-0.2, -0.15) is 0 Å². The van der Waals surface area contributed by atoms with Crippen molar-refractivity contribution in [2.45, 2.75) is 44.9 Å². The Morgan fingerprint density at radius 2 is 2.14 bits per heavy atom. The number of hydrogen-bond donors (Lipinski definition) is 2. The van der Waals surface area contributed by atoms with E-state index in [2.05, 4.69) is 4.72 Å². The van der Waals surface area contributed by atoms with Gasteiger partial charge in [-0.25, -0.2) is 4.39 Å². The first-order valence-electron chi connectivity index (χ1n) is 6.97. The number of carbonyl (C=O) groups excluding carboxylic acids is 1. The molecule has 124 valence electrons. The van der Waals surface area contributed by atoms with Gasteiger partial charge in [0.15, 0.2) is 0 Å². The summed E-state index contributed by atoms with van der Waals surface area (Å²) >= 11 is -1.49. The summed E-state index contributed by atoms with van der Waals surface area (Å²) in [5, 5.41) is 9.91. The van der Waals surface area contributed by atoms with Crippen molar-refractivity contribution in [1.29, 1.82) is 0 Å². The van der Waals surface area contributed by atoms with Gasteiger partial charge in [-0.15, -0.1) is 4.72 Å². The molecule has 0 unspecified atom stereocenters. The number of phenols is 1. The van der Waals surface area contributed by atoms with Gasteiger partial charge < -0.3 is 14.4 Å². The molecular weight excluding hydrogens is 309 g/mol. The summed E-state index contributed by atoms with van der Waals surface area (Å²) < 4.78 is 32.8. The molecule has 1 rings (SSSR count). The summed E-state index contributed by atoms with van der Waals surface area (Å²) in [6.45, 7) is 7.19. The Hall–Kier alpha value is -1.31. The Morgan fingerprint density at radius 1 is 1.50 bits per heavy atom. The number of phenolic OH excluding ortho intramolecular Hbond substituents is 1. The Bertz CT molecular complexity index is 519. The van der Waals surface area contributed by atoms with E-state index in [1.807, 2.05) is 0 Å². The van der Waals surface area contributed by atoms with Crippen molar-refractivity contribution in [2.75, 3.05) is 6.61 Å². The molecule has 22 heavy (non-hydrogen) atoms. The lowest BCUT2D eigenvalue weighted by atomic mass is 10.0. The Labute approximate surface area is 133 Å². The standard InChI is InChI=1S/C15H22FNO4S/c1-5-21-14(19)9-12(17-22(20)15(2,3)4)11-8-10(16)6-7-13(11)18/h6-8,12,17-18H,5,9H2,1-4H3/t12-,22-/m1/s1. The largest absolute Gasteiger partial charge is 0.598 e. The third kappa shape index (κ3) is 5.47. The molecule has 0 amide bonds. The molecule has 0 spiro atoms. The predicted molar refractivity (Wildman–Crippen MR) is 83.1 cm³/mol. The zero-order chi connectivity index (χ0) is 16.9. The van der Waals surface area contributed by atoms with E-state index in [9.17, 15) is 18.8 Å². The number of nitrogens with one attached hydrogen (secondary N) is 1. The van der Waals surface area contributed by atoms with E-state index < -0.39 is 33.9 Å². The molecule has 0 saturated carbocycles. The number of rotatable bonds is 6. The van der Waals surface area contributed by atoms with Gasteiger partial charge >= 0.3 is 5.97 Å². The van der Waals surface area contributed by atoms with Gasteiger partial charge in [0.2, 0.25) is 0 Å². The van der Waals surface area contributed by atoms with Crippen LogP contribution in [0.25, 0.3) is 0 Å². The van der Waals surface area contributed by atoms with Crippen molar-refractivity contribution in [2.24, 2.45) is 0 Å². The van der Waals surface area contributed by atoms with Crippen molar-refractivity contribution in [3.63, 3.8) is 0 Å². The number of aromatic hydroxyl groups is 1. The van der Waals surface area contributed by atoms with E-state index in [1.165, 1.54) is 6.07 Å². The van der Waals surface area contributed by atoms with Gasteiger partial charge in [-0.05, 0) is 45.9 Å². The molecule has 0 aliphatic heterocycles. The molecule has 1 aromatic carbocycles. The van der Waals surface area contributed by atoms with Crippen molar-refractivity contribution in [1.82, 2.24) is 4.72 Å². The minimum Gasteiger partial charge on any atom is -0.598 e. The van der Waals surface area contributed by atoms with Crippen LogP contribution >= 0.6 is 0 Å². The Kier molecular flexibility index (Phi) is 6.65. The van der Waals surface area contributed by atoms with E-state index in [0.29, 0.717) is 0 Å². The third-order valence-corrected chi connectivity index (χ3v) is 4.46. The highest BCUT2D eigenvalue weighted by molar-refractivity contribution is 7.90.